The number of amides is 1. The average molecular weight is 357 g/mol. The highest BCUT2D eigenvalue weighted by molar-refractivity contribution is 7.88. The van der Waals surface area contributed by atoms with Gasteiger partial charge in [-0.05, 0) is 42.7 Å². The lowest BCUT2D eigenvalue weighted by Gasteiger charge is -2.41. The topological polar surface area (TPSA) is 57.7 Å². The van der Waals surface area contributed by atoms with Crippen LogP contribution in [0.1, 0.15) is 49.1 Å². The van der Waals surface area contributed by atoms with Crippen LogP contribution in [0.5, 0.6) is 0 Å². The van der Waals surface area contributed by atoms with Crippen molar-refractivity contribution in [2.45, 2.75) is 51.1 Å². The highest BCUT2D eigenvalue weighted by Crippen LogP contribution is 2.36. The summed E-state index contributed by atoms with van der Waals surface area (Å²) in [5.74, 6) is -0.0150. The number of hydrogen-bond donors (Lipinski definition) is 0. The molecule has 1 aromatic heterocycles. The second kappa shape index (κ2) is 6.53. The molecular formula is C16H24N2O3S2. The van der Waals surface area contributed by atoms with E-state index in [9.17, 15) is 13.2 Å². The molecule has 0 N–H and O–H groups in total. The van der Waals surface area contributed by atoms with Crippen molar-refractivity contribution in [1.82, 2.24) is 9.21 Å². The summed E-state index contributed by atoms with van der Waals surface area (Å²) < 4.78 is 25.5. The molecule has 0 saturated carbocycles. The Morgan fingerprint density at radius 3 is 2.83 bits per heavy atom. The van der Waals surface area contributed by atoms with Crippen LogP contribution in [0.3, 0.4) is 0 Å². The van der Waals surface area contributed by atoms with Gasteiger partial charge in [0, 0.05) is 18.0 Å². The summed E-state index contributed by atoms with van der Waals surface area (Å²) in [6, 6.07) is 1.68. The number of hydrogen-bond acceptors (Lipinski definition) is 4. The maximum atomic E-state index is 13.1. The number of nitrogens with zero attached hydrogens (tertiary/aromatic N) is 2. The van der Waals surface area contributed by atoms with E-state index in [-0.39, 0.29) is 11.9 Å². The van der Waals surface area contributed by atoms with Crippen molar-refractivity contribution in [2.75, 3.05) is 19.3 Å². The molecule has 0 aliphatic carbocycles. The van der Waals surface area contributed by atoms with Crippen LogP contribution in [-0.4, -0.2) is 48.9 Å². The van der Waals surface area contributed by atoms with Gasteiger partial charge in [0.05, 0.1) is 12.3 Å². The number of sulfonamides is 1. The van der Waals surface area contributed by atoms with Gasteiger partial charge >= 0.3 is 0 Å². The highest BCUT2D eigenvalue weighted by atomic mass is 32.2. The minimum absolute atomic E-state index is 0.0150. The lowest BCUT2D eigenvalue weighted by Crippen LogP contribution is -2.54. The summed E-state index contributed by atoms with van der Waals surface area (Å²) in [5, 5.41) is 2.09. The molecule has 2 unspecified atom stereocenters. The Morgan fingerprint density at radius 1 is 1.35 bits per heavy atom. The fraction of sp³-hybridized carbons (Fsp3) is 0.688. The Kier molecular flexibility index (Phi) is 4.80. The number of piperidine rings is 1. The molecule has 7 heteroatoms. The van der Waals surface area contributed by atoms with E-state index in [2.05, 4.69) is 18.4 Å². The van der Waals surface area contributed by atoms with E-state index in [0.717, 1.165) is 25.7 Å². The fourth-order valence-electron chi connectivity index (χ4n) is 3.84. The van der Waals surface area contributed by atoms with Gasteiger partial charge < -0.3 is 4.90 Å². The molecule has 1 saturated heterocycles. The lowest BCUT2D eigenvalue weighted by molar-refractivity contribution is -0.139. The van der Waals surface area contributed by atoms with Gasteiger partial charge in [-0.2, -0.15) is 4.31 Å². The van der Waals surface area contributed by atoms with E-state index in [1.54, 1.807) is 11.3 Å². The average Bonchev–Trinajstić information content (AvgIpc) is 3.01. The molecule has 1 fully saturated rings. The highest BCUT2D eigenvalue weighted by Gasteiger charge is 2.40. The maximum Gasteiger partial charge on any atom is 0.241 e. The maximum absolute atomic E-state index is 13.1. The summed E-state index contributed by atoms with van der Waals surface area (Å²) in [4.78, 5) is 16.4. The van der Waals surface area contributed by atoms with Crippen molar-refractivity contribution in [1.29, 1.82) is 0 Å². The van der Waals surface area contributed by atoms with Crippen LogP contribution in [0, 0.1) is 0 Å². The lowest BCUT2D eigenvalue weighted by atomic mass is 9.95. The standard InChI is InChI=1S/C16H24N2O3S2/c1-3-13-12-8-11-22-15(12)7-10-17(13)16(19)14-6-4-5-9-18(14)23(2,20)21/h8,11,13-14H,3-7,9-10H2,1-2H3. The molecule has 0 bridgehead atoms. The Morgan fingerprint density at radius 2 is 2.13 bits per heavy atom. The van der Waals surface area contributed by atoms with E-state index < -0.39 is 16.1 Å². The van der Waals surface area contributed by atoms with Crippen molar-refractivity contribution >= 4 is 27.3 Å². The van der Waals surface area contributed by atoms with Crippen LogP contribution in [0.4, 0.5) is 0 Å². The third kappa shape index (κ3) is 3.19. The molecule has 3 heterocycles. The van der Waals surface area contributed by atoms with Crippen LogP contribution >= 0.6 is 11.3 Å². The van der Waals surface area contributed by atoms with E-state index >= 15 is 0 Å². The van der Waals surface area contributed by atoms with Gasteiger partial charge in [0.25, 0.3) is 0 Å². The Balaban J connectivity index is 1.87. The predicted octanol–water partition coefficient (Wildman–Crippen LogP) is 2.40. The number of thiophene rings is 1. The molecule has 0 radical (unpaired) electrons. The van der Waals surface area contributed by atoms with E-state index in [4.69, 9.17) is 0 Å². The van der Waals surface area contributed by atoms with E-state index in [1.807, 2.05) is 4.90 Å². The number of rotatable bonds is 3. The van der Waals surface area contributed by atoms with Crippen molar-refractivity contribution in [3.8, 4) is 0 Å². The van der Waals surface area contributed by atoms with Crippen molar-refractivity contribution in [2.24, 2.45) is 0 Å². The Hall–Kier alpha value is -0.920. The van der Waals surface area contributed by atoms with Gasteiger partial charge in [0.15, 0.2) is 0 Å². The molecule has 128 valence electrons. The fourth-order valence-corrected chi connectivity index (χ4v) is 5.89. The number of carbonyl (C=O) groups excluding carboxylic acids is 1. The summed E-state index contributed by atoms with van der Waals surface area (Å²) in [6.07, 6.45) is 5.33. The van der Waals surface area contributed by atoms with Gasteiger partial charge in [0.1, 0.15) is 6.04 Å². The van der Waals surface area contributed by atoms with Crippen molar-refractivity contribution < 1.29 is 13.2 Å². The Bertz CT molecular complexity index is 683. The first-order chi connectivity index (χ1) is 10.9. The zero-order chi connectivity index (χ0) is 16.6. The van der Waals surface area contributed by atoms with Gasteiger partial charge in [-0.1, -0.05) is 13.3 Å². The van der Waals surface area contributed by atoms with Crippen LogP contribution in [-0.2, 0) is 21.2 Å². The van der Waals surface area contributed by atoms with E-state index in [0.29, 0.717) is 19.5 Å². The van der Waals surface area contributed by atoms with Crippen LogP contribution < -0.4 is 0 Å². The molecule has 1 amide bonds. The van der Waals surface area contributed by atoms with Gasteiger partial charge in [0.2, 0.25) is 15.9 Å². The van der Waals surface area contributed by atoms with Gasteiger partial charge in [-0.15, -0.1) is 11.3 Å². The molecular weight excluding hydrogens is 332 g/mol. The van der Waals surface area contributed by atoms with Gasteiger partial charge in [-0.25, -0.2) is 8.42 Å². The third-order valence-corrected chi connectivity index (χ3v) is 7.21. The largest absolute Gasteiger partial charge is 0.334 e. The summed E-state index contributed by atoms with van der Waals surface area (Å²) in [7, 11) is -3.34. The minimum atomic E-state index is -3.34. The molecule has 1 aromatic rings. The minimum Gasteiger partial charge on any atom is -0.334 e. The Labute approximate surface area is 142 Å². The second-order valence-electron chi connectivity index (χ2n) is 6.39. The van der Waals surface area contributed by atoms with Crippen LogP contribution in [0.2, 0.25) is 0 Å². The third-order valence-electron chi connectivity index (χ3n) is 4.93. The molecule has 0 spiro atoms. The van der Waals surface area contributed by atoms with Crippen molar-refractivity contribution in [3.63, 3.8) is 0 Å². The van der Waals surface area contributed by atoms with Crippen molar-refractivity contribution in [3.05, 3.63) is 21.9 Å². The second-order valence-corrected chi connectivity index (χ2v) is 9.33. The number of carbonyl (C=O) groups is 1. The molecule has 5 nitrogen and oxygen atoms in total. The summed E-state index contributed by atoms with van der Waals surface area (Å²) in [5.41, 5.74) is 1.25. The van der Waals surface area contributed by atoms with Gasteiger partial charge in [-0.3, -0.25) is 4.79 Å². The molecule has 2 aliphatic heterocycles. The van der Waals surface area contributed by atoms with Crippen LogP contribution in [0.25, 0.3) is 0 Å². The molecule has 2 atom stereocenters. The summed E-state index contributed by atoms with van der Waals surface area (Å²) in [6.45, 7) is 3.25. The molecule has 2 aliphatic rings. The van der Waals surface area contributed by atoms with Crippen LogP contribution in [0.15, 0.2) is 11.4 Å². The SMILES string of the molecule is CCC1c2ccsc2CCN1C(=O)C1CCCCN1S(C)(=O)=O. The smallest absolute Gasteiger partial charge is 0.241 e. The first kappa shape index (κ1) is 16.9. The monoisotopic (exact) mass is 356 g/mol. The molecule has 3 rings (SSSR count). The zero-order valence-corrected chi connectivity index (χ0v) is 15.3. The zero-order valence-electron chi connectivity index (χ0n) is 13.7. The molecule has 23 heavy (non-hydrogen) atoms. The first-order valence-corrected chi connectivity index (χ1v) is 11.0. The first-order valence-electron chi connectivity index (χ1n) is 8.27. The predicted molar refractivity (Wildman–Crippen MR) is 92.0 cm³/mol. The summed E-state index contributed by atoms with van der Waals surface area (Å²) >= 11 is 1.75. The van der Waals surface area contributed by atoms with E-state index in [1.165, 1.54) is 21.0 Å². The molecule has 0 aromatic carbocycles. The normalized spacial score (nSPS) is 26.1. The number of fused-ring (bicyclic) bond motifs is 1. The quantitative estimate of drug-likeness (QED) is 0.836.